The Kier molecular flexibility index (Phi) is 7.87. The number of nitrogens with one attached hydrogen (secondary N) is 2. The quantitative estimate of drug-likeness (QED) is 0.625. The third-order valence-electron chi connectivity index (χ3n) is 6.61. The first-order valence-corrected chi connectivity index (χ1v) is 12.0. The van der Waals surface area contributed by atoms with Gasteiger partial charge in [-0.2, -0.15) is 0 Å². The van der Waals surface area contributed by atoms with Crippen LogP contribution in [0.2, 0.25) is 0 Å². The molecule has 0 unspecified atom stereocenters. The van der Waals surface area contributed by atoms with Crippen LogP contribution in [0.5, 0.6) is 5.75 Å². The molecule has 9 heteroatoms. The monoisotopic (exact) mass is 479 g/mol. The minimum atomic E-state index is -0.810. The number of rotatable bonds is 7. The van der Waals surface area contributed by atoms with Crippen molar-refractivity contribution in [3.63, 3.8) is 0 Å². The minimum absolute atomic E-state index is 0.0759. The van der Waals surface area contributed by atoms with Gasteiger partial charge in [-0.05, 0) is 30.7 Å². The molecule has 0 aliphatic carbocycles. The molecule has 186 valence electrons. The van der Waals surface area contributed by atoms with E-state index in [9.17, 15) is 14.4 Å². The van der Waals surface area contributed by atoms with E-state index in [1.54, 1.807) is 12.0 Å². The third-order valence-corrected chi connectivity index (χ3v) is 6.61. The Hall–Kier alpha value is -3.59. The number of methoxy groups -OCH3 is 1. The molecule has 3 amide bonds. The van der Waals surface area contributed by atoms with Crippen LogP contribution in [0, 0.1) is 6.92 Å². The number of anilines is 2. The number of carbonyl (C=O) groups excluding carboxylic acids is 3. The van der Waals surface area contributed by atoms with Crippen molar-refractivity contribution in [1.82, 2.24) is 15.1 Å². The first-order chi connectivity index (χ1) is 17.0. The number of amides is 3. The molecular weight excluding hydrogens is 446 g/mol. The lowest BCUT2D eigenvalue weighted by atomic mass is 10.1. The lowest BCUT2D eigenvalue weighted by molar-refractivity contribution is -0.145. The zero-order valence-electron chi connectivity index (χ0n) is 20.3. The zero-order valence-corrected chi connectivity index (χ0v) is 20.3. The molecule has 0 spiro atoms. The number of hydrogen-bond acceptors (Lipinski definition) is 6. The summed E-state index contributed by atoms with van der Waals surface area (Å²) < 4.78 is 5.48. The highest BCUT2D eigenvalue weighted by atomic mass is 16.5. The summed E-state index contributed by atoms with van der Waals surface area (Å²) in [6, 6.07) is 14.6. The van der Waals surface area contributed by atoms with Crippen LogP contribution in [-0.4, -0.2) is 86.5 Å². The largest absolute Gasteiger partial charge is 0.495 e. The van der Waals surface area contributed by atoms with Crippen LogP contribution in [0.3, 0.4) is 0 Å². The number of ether oxygens (including phenoxy) is 1. The van der Waals surface area contributed by atoms with Gasteiger partial charge >= 0.3 is 0 Å². The van der Waals surface area contributed by atoms with Crippen LogP contribution in [0.15, 0.2) is 48.5 Å². The molecule has 2 fully saturated rings. The number of hydrogen-bond donors (Lipinski definition) is 2. The Morgan fingerprint density at radius 1 is 1.03 bits per heavy atom. The number of carbonyl (C=O) groups is 3. The highest BCUT2D eigenvalue weighted by molar-refractivity contribution is 5.98. The summed E-state index contributed by atoms with van der Waals surface area (Å²) in [6.07, 6.45) is -0.0759. The Labute approximate surface area is 206 Å². The van der Waals surface area contributed by atoms with Crippen molar-refractivity contribution in [1.29, 1.82) is 0 Å². The van der Waals surface area contributed by atoms with Crippen LogP contribution in [0.4, 0.5) is 11.4 Å². The highest BCUT2D eigenvalue weighted by Gasteiger charge is 2.35. The van der Waals surface area contributed by atoms with Gasteiger partial charge in [0.15, 0.2) is 0 Å². The molecule has 2 saturated heterocycles. The van der Waals surface area contributed by atoms with Crippen LogP contribution >= 0.6 is 0 Å². The number of piperazine rings is 2. The van der Waals surface area contributed by atoms with Crippen molar-refractivity contribution >= 4 is 29.1 Å². The van der Waals surface area contributed by atoms with E-state index >= 15 is 0 Å². The van der Waals surface area contributed by atoms with Gasteiger partial charge in [0.05, 0.1) is 25.8 Å². The Morgan fingerprint density at radius 3 is 2.49 bits per heavy atom. The number of para-hydroxylation sites is 3. The Bertz CT molecular complexity index is 1070. The summed E-state index contributed by atoms with van der Waals surface area (Å²) in [6.45, 7) is 5.92. The molecule has 4 rings (SSSR count). The minimum Gasteiger partial charge on any atom is -0.495 e. The SMILES string of the molecule is COc1ccccc1N1CCN(CC(=O)N2CCNC(=O)[C@H]2CC(=O)Nc2ccccc2C)CC1. The van der Waals surface area contributed by atoms with Gasteiger partial charge in [0.25, 0.3) is 0 Å². The normalized spacial score (nSPS) is 18.7. The molecule has 2 aromatic rings. The van der Waals surface area contributed by atoms with Gasteiger partial charge in [-0.15, -0.1) is 0 Å². The fraction of sp³-hybridized carbons (Fsp3) is 0.423. The average molecular weight is 480 g/mol. The van der Waals surface area contributed by atoms with E-state index in [1.807, 2.05) is 55.5 Å². The maximum atomic E-state index is 13.2. The molecule has 2 heterocycles. The standard InChI is InChI=1S/C26H33N5O4/c1-19-7-3-4-8-20(19)28-24(32)17-22-26(34)27-11-12-31(22)25(33)18-29-13-15-30(16-14-29)21-9-5-6-10-23(21)35-2/h3-10,22H,11-18H2,1-2H3,(H,27,34)(H,28,32)/t22-/m1/s1. The van der Waals surface area contributed by atoms with Crippen molar-refractivity contribution in [2.45, 2.75) is 19.4 Å². The summed E-state index contributed by atoms with van der Waals surface area (Å²) in [5.41, 5.74) is 2.70. The van der Waals surface area contributed by atoms with Gasteiger partial charge < -0.3 is 25.2 Å². The molecule has 0 radical (unpaired) electrons. The zero-order chi connectivity index (χ0) is 24.8. The first-order valence-electron chi connectivity index (χ1n) is 12.0. The second-order valence-electron chi connectivity index (χ2n) is 8.90. The van der Waals surface area contributed by atoms with Crippen molar-refractivity contribution in [2.75, 3.05) is 63.1 Å². The molecule has 1 atom stereocenters. The van der Waals surface area contributed by atoms with Crippen LogP contribution in [0.25, 0.3) is 0 Å². The van der Waals surface area contributed by atoms with E-state index in [1.165, 1.54) is 0 Å². The molecule has 0 aromatic heterocycles. The maximum absolute atomic E-state index is 13.2. The van der Waals surface area contributed by atoms with Gasteiger partial charge in [0, 0.05) is 45.0 Å². The van der Waals surface area contributed by atoms with Crippen LogP contribution in [-0.2, 0) is 14.4 Å². The lowest BCUT2D eigenvalue weighted by Crippen LogP contribution is -2.60. The predicted octanol–water partition coefficient (Wildman–Crippen LogP) is 1.48. The molecule has 2 aromatic carbocycles. The fourth-order valence-electron chi connectivity index (χ4n) is 4.63. The highest BCUT2D eigenvalue weighted by Crippen LogP contribution is 2.28. The van der Waals surface area contributed by atoms with Crippen molar-refractivity contribution in [3.8, 4) is 5.75 Å². The van der Waals surface area contributed by atoms with E-state index in [0.717, 1.165) is 43.2 Å². The molecule has 2 aliphatic heterocycles. The fourth-order valence-corrected chi connectivity index (χ4v) is 4.63. The van der Waals surface area contributed by atoms with Gasteiger partial charge in [-0.1, -0.05) is 30.3 Å². The molecule has 2 aliphatic rings. The third kappa shape index (κ3) is 5.92. The van der Waals surface area contributed by atoms with Gasteiger partial charge in [-0.25, -0.2) is 0 Å². The maximum Gasteiger partial charge on any atom is 0.243 e. The van der Waals surface area contributed by atoms with Gasteiger partial charge in [-0.3, -0.25) is 19.3 Å². The van der Waals surface area contributed by atoms with Crippen LogP contribution in [0.1, 0.15) is 12.0 Å². The smallest absolute Gasteiger partial charge is 0.243 e. The molecule has 0 saturated carbocycles. The summed E-state index contributed by atoms with van der Waals surface area (Å²) in [4.78, 5) is 44.4. The topological polar surface area (TPSA) is 94.2 Å². The van der Waals surface area contributed by atoms with Crippen molar-refractivity contribution in [3.05, 3.63) is 54.1 Å². The van der Waals surface area contributed by atoms with E-state index < -0.39 is 6.04 Å². The average Bonchev–Trinajstić information content (AvgIpc) is 2.87. The molecule has 35 heavy (non-hydrogen) atoms. The second-order valence-corrected chi connectivity index (χ2v) is 8.90. The van der Waals surface area contributed by atoms with E-state index in [-0.39, 0.29) is 30.7 Å². The first kappa shape index (κ1) is 24.5. The van der Waals surface area contributed by atoms with Crippen LogP contribution < -0.4 is 20.3 Å². The van der Waals surface area contributed by atoms with Gasteiger partial charge in [0.1, 0.15) is 11.8 Å². The second kappa shape index (κ2) is 11.2. The summed E-state index contributed by atoms with van der Waals surface area (Å²) in [5, 5.41) is 5.66. The van der Waals surface area contributed by atoms with Crippen molar-refractivity contribution < 1.29 is 19.1 Å². The summed E-state index contributed by atoms with van der Waals surface area (Å²) in [7, 11) is 1.67. The van der Waals surface area contributed by atoms with E-state index in [2.05, 4.69) is 20.4 Å². The predicted molar refractivity (Wildman–Crippen MR) is 135 cm³/mol. The number of aryl methyl sites for hydroxylation is 1. The van der Waals surface area contributed by atoms with E-state index in [0.29, 0.717) is 18.8 Å². The van der Waals surface area contributed by atoms with E-state index in [4.69, 9.17) is 4.74 Å². The summed E-state index contributed by atoms with van der Waals surface area (Å²) in [5.74, 6) is 0.137. The molecule has 0 bridgehead atoms. The lowest BCUT2D eigenvalue weighted by Gasteiger charge is -2.39. The summed E-state index contributed by atoms with van der Waals surface area (Å²) >= 11 is 0. The number of benzene rings is 2. The molecule has 2 N–H and O–H groups in total. The molecular formula is C26H33N5O4. The Morgan fingerprint density at radius 2 is 1.74 bits per heavy atom. The van der Waals surface area contributed by atoms with Crippen molar-refractivity contribution in [2.24, 2.45) is 0 Å². The Balaban J connectivity index is 1.34. The number of nitrogens with zero attached hydrogens (tertiary/aromatic N) is 3. The molecule has 9 nitrogen and oxygen atoms in total. The van der Waals surface area contributed by atoms with Gasteiger partial charge in [0.2, 0.25) is 17.7 Å².